The molecule has 25 heavy (non-hydrogen) atoms. The number of likely N-dealkylation sites (N-methyl/N-ethyl adjacent to an activating group) is 1. The summed E-state index contributed by atoms with van der Waals surface area (Å²) in [7, 11) is 4.46. The molecule has 1 unspecified atom stereocenters. The normalized spacial score (nSPS) is 37.6. The third-order valence-corrected chi connectivity index (χ3v) is 7.29. The first kappa shape index (κ1) is 15.6. The molecule has 0 amide bonds. The molecule has 6 atom stereocenters. The Hall–Kier alpha value is -1.65. The Morgan fingerprint density at radius 1 is 1.20 bits per heavy atom. The number of hydrogen-bond acceptors (Lipinski definition) is 3. The predicted octanol–water partition coefficient (Wildman–Crippen LogP) is 2.95. The van der Waals surface area contributed by atoms with Crippen molar-refractivity contribution in [1.29, 1.82) is 0 Å². The van der Waals surface area contributed by atoms with E-state index in [1.165, 1.54) is 22.2 Å². The average Bonchev–Trinajstić information content (AvgIpc) is 2.88. The smallest absolute Gasteiger partial charge is 0.125 e. The van der Waals surface area contributed by atoms with Crippen LogP contribution >= 0.6 is 0 Å². The van der Waals surface area contributed by atoms with Gasteiger partial charge >= 0.3 is 0 Å². The number of aldehydes is 1. The predicted molar refractivity (Wildman–Crippen MR) is 97.5 cm³/mol. The fraction of sp³-hybridized carbons (Fsp3) is 0.571. The van der Waals surface area contributed by atoms with Gasteiger partial charge in [0.2, 0.25) is 0 Å². The van der Waals surface area contributed by atoms with Gasteiger partial charge in [-0.25, -0.2) is 0 Å². The van der Waals surface area contributed by atoms with Gasteiger partial charge in [-0.2, -0.15) is 0 Å². The molecule has 3 aliphatic heterocycles. The number of para-hydroxylation sites is 1. The Bertz CT molecular complexity index is 842. The fourth-order valence-electron chi connectivity index (χ4n) is 5.97. The minimum Gasteiger partial charge on any atom is -0.377 e. The lowest BCUT2D eigenvalue weighted by Gasteiger charge is -2.55. The molecule has 0 saturated carbocycles. The number of hydrogen-bond donors (Lipinski definition) is 0. The molecule has 0 spiro atoms. The van der Waals surface area contributed by atoms with Gasteiger partial charge in [0.25, 0.3) is 0 Å². The molecule has 5 rings (SSSR count). The highest BCUT2D eigenvalue weighted by Gasteiger charge is 2.52. The van der Waals surface area contributed by atoms with Gasteiger partial charge in [0.05, 0.1) is 18.8 Å². The SMILES string of the molecule is CC1OC[C@@H]2[C@@H](C[C@H]3c4c(c5ccccc5n4C)C[C@@H]2N3C)[C@@H]1C=O. The quantitative estimate of drug-likeness (QED) is 0.750. The van der Waals surface area contributed by atoms with Crippen LogP contribution in [0.3, 0.4) is 0 Å². The zero-order chi connectivity index (χ0) is 17.3. The van der Waals surface area contributed by atoms with Crippen LogP contribution in [-0.4, -0.2) is 41.6 Å². The van der Waals surface area contributed by atoms with Crippen molar-refractivity contribution in [3.8, 4) is 0 Å². The molecule has 1 aromatic carbocycles. The van der Waals surface area contributed by atoms with Crippen LogP contribution in [0.15, 0.2) is 24.3 Å². The number of fused-ring (bicyclic) bond motifs is 8. The zero-order valence-corrected chi connectivity index (χ0v) is 15.2. The highest BCUT2D eigenvalue weighted by molar-refractivity contribution is 5.86. The van der Waals surface area contributed by atoms with E-state index in [0.717, 1.165) is 25.7 Å². The Morgan fingerprint density at radius 3 is 2.80 bits per heavy atom. The summed E-state index contributed by atoms with van der Waals surface area (Å²) in [5.41, 5.74) is 4.31. The number of rotatable bonds is 1. The molecule has 3 aliphatic rings. The lowest BCUT2D eigenvalue weighted by molar-refractivity contribution is -0.150. The van der Waals surface area contributed by atoms with Gasteiger partial charge in [0, 0.05) is 41.5 Å². The molecular weight excluding hydrogens is 312 g/mol. The number of aromatic nitrogens is 1. The van der Waals surface area contributed by atoms with Crippen molar-refractivity contribution in [3.05, 3.63) is 35.5 Å². The summed E-state index contributed by atoms with van der Waals surface area (Å²) in [6, 6.07) is 9.64. The maximum absolute atomic E-state index is 11.8. The van der Waals surface area contributed by atoms with Crippen molar-refractivity contribution in [2.45, 2.75) is 38.0 Å². The van der Waals surface area contributed by atoms with E-state index in [1.807, 2.05) is 0 Å². The van der Waals surface area contributed by atoms with Crippen molar-refractivity contribution >= 4 is 17.2 Å². The first-order valence-corrected chi connectivity index (χ1v) is 9.46. The van der Waals surface area contributed by atoms with E-state index in [9.17, 15) is 4.79 Å². The number of carbonyl (C=O) groups is 1. The van der Waals surface area contributed by atoms with Crippen LogP contribution in [0.25, 0.3) is 10.9 Å². The van der Waals surface area contributed by atoms with Crippen molar-refractivity contribution in [3.63, 3.8) is 0 Å². The highest BCUT2D eigenvalue weighted by atomic mass is 16.5. The molecule has 4 heteroatoms. The minimum atomic E-state index is 0.0358. The number of piperidine rings is 1. The Balaban J connectivity index is 1.66. The van der Waals surface area contributed by atoms with Gasteiger partial charge in [-0.15, -0.1) is 0 Å². The second-order valence-corrected chi connectivity index (χ2v) is 8.21. The van der Waals surface area contributed by atoms with Crippen LogP contribution in [0.2, 0.25) is 0 Å². The van der Waals surface area contributed by atoms with Gasteiger partial charge in [-0.05, 0) is 44.4 Å². The van der Waals surface area contributed by atoms with Crippen LogP contribution in [0.4, 0.5) is 0 Å². The molecule has 0 N–H and O–H groups in total. The summed E-state index contributed by atoms with van der Waals surface area (Å²) in [6.07, 6.45) is 3.33. The summed E-state index contributed by atoms with van der Waals surface area (Å²) < 4.78 is 8.40. The largest absolute Gasteiger partial charge is 0.377 e. The molecule has 2 saturated heterocycles. The topological polar surface area (TPSA) is 34.5 Å². The summed E-state index contributed by atoms with van der Waals surface area (Å²) >= 11 is 0. The Kier molecular flexibility index (Phi) is 3.38. The number of aryl methyl sites for hydroxylation is 1. The van der Waals surface area contributed by atoms with E-state index >= 15 is 0 Å². The van der Waals surface area contributed by atoms with Gasteiger partial charge in [-0.1, -0.05) is 18.2 Å². The lowest BCUT2D eigenvalue weighted by atomic mass is 9.64. The fourth-order valence-corrected chi connectivity index (χ4v) is 5.97. The standard InChI is InChI=1S/C21H26N2O2/c1-12-16(10-24)14-8-20-21-15(9-19(22(20)2)17(14)11-25-12)13-6-4-5-7-18(13)23(21)3/h4-7,10,12,14,16-17,19-20H,8-9,11H2,1-3H3/t12?,14-,16+,17+,19-,20-/m0/s1. The number of benzene rings is 1. The summed E-state index contributed by atoms with van der Waals surface area (Å²) in [5.74, 6) is 0.937. The monoisotopic (exact) mass is 338 g/mol. The first-order valence-electron chi connectivity index (χ1n) is 9.46. The van der Waals surface area contributed by atoms with Crippen LogP contribution in [0.5, 0.6) is 0 Å². The average molecular weight is 338 g/mol. The molecule has 132 valence electrons. The first-order chi connectivity index (χ1) is 12.1. The molecule has 0 radical (unpaired) electrons. The second kappa shape index (κ2) is 5.42. The number of ether oxygens (including phenoxy) is 1. The molecule has 1 aromatic heterocycles. The van der Waals surface area contributed by atoms with Gasteiger partial charge < -0.3 is 14.1 Å². The molecule has 2 aromatic rings. The van der Waals surface area contributed by atoms with Crippen molar-refractivity contribution in [1.82, 2.24) is 9.47 Å². The maximum Gasteiger partial charge on any atom is 0.125 e. The number of carbonyl (C=O) groups excluding carboxylic acids is 1. The molecule has 2 bridgehead atoms. The van der Waals surface area contributed by atoms with Crippen LogP contribution < -0.4 is 0 Å². The van der Waals surface area contributed by atoms with Crippen molar-refractivity contribution < 1.29 is 9.53 Å². The molecule has 4 heterocycles. The molecular formula is C21H26N2O2. The van der Waals surface area contributed by atoms with E-state index in [2.05, 4.69) is 54.8 Å². The van der Waals surface area contributed by atoms with Crippen molar-refractivity contribution in [2.75, 3.05) is 13.7 Å². The molecule has 4 nitrogen and oxygen atoms in total. The second-order valence-electron chi connectivity index (χ2n) is 8.21. The van der Waals surface area contributed by atoms with Crippen LogP contribution in [0, 0.1) is 17.8 Å². The van der Waals surface area contributed by atoms with E-state index in [-0.39, 0.29) is 12.0 Å². The Labute approximate surface area is 148 Å². The van der Waals surface area contributed by atoms with Gasteiger partial charge in [-0.3, -0.25) is 4.90 Å². The lowest BCUT2D eigenvalue weighted by Crippen LogP contribution is -2.59. The third-order valence-electron chi connectivity index (χ3n) is 7.29. The Morgan fingerprint density at radius 2 is 2.00 bits per heavy atom. The van der Waals surface area contributed by atoms with Gasteiger partial charge in [0.1, 0.15) is 6.29 Å². The van der Waals surface area contributed by atoms with E-state index in [0.29, 0.717) is 23.9 Å². The van der Waals surface area contributed by atoms with Crippen LogP contribution in [-0.2, 0) is 23.0 Å². The molecule has 2 fully saturated rings. The highest BCUT2D eigenvalue weighted by Crippen LogP contribution is 2.51. The molecule has 0 aliphatic carbocycles. The summed E-state index contributed by atoms with van der Waals surface area (Å²) in [6.45, 7) is 2.85. The van der Waals surface area contributed by atoms with Crippen molar-refractivity contribution in [2.24, 2.45) is 24.8 Å². The summed E-state index contributed by atoms with van der Waals surface area (Å²) in [5, 5.41) is 1.40. The minimum absolute atomic E-state index is 0.0358. The third kappa shape index (κ3) is 1.98. The van der Waals surface area contributed by atoms with Gasteiger partial charge in [0.15, 0.2) is 0 Å². The van der Waals surface area contributed by atoms with E-state index in [4.69, 9.17) is 4.74 Å². The van der Waals surface area contributed by atoms with E-state index in [1.54, 1.807) is 0 Å². The van der Waals surface area contributed by atoms with Crippen LogP contribution in [0.1, 0.15) is 30.6 Å². The zero-order valence-electron chi connectivity index (χ0n) is 15.2. The van der Waals surface area contributed by atoms with E-state index < -0.39 is 0 Å². The number of nitrogens with zero attached hydrogens (tertiary/aromatic N) is 2. The summed E-state index contributed by atoms with van der Waals surface area (Å²) in [4.78, 5) is 14.3. The maximum atomic E-state index is 11.8.